The molecule has 35 heavy (non-hydrogen) atoms. The van der Waals surface area contributed by atoms with E-state index in [2.05, 4.69) is 48.5 Å². The number of nitrogens with zero attached hydrogens (tertiary/aromatic N) is 2. The van der Waals surface area contributed by atoms with E-state index in [9.17, 15) is 20.2 Å². The van der Waals surface area contributed by atoms with Crippen LogP contribution in [-0.2, 0) is 25.7 Å². The van der Waals surface area contributed by atoms with Crippen LogP contribution in [0.15, 0.2) is 97.1 Å². The molecular formula is C29H26N2O4. The van der Waals surface area contributed by atoms with E-state index in [1.54, 1.807) is 24.3 Å². The molecule has 0 heterocycles. The van der Waals surface area contributed by atoms with Crippen molar-refractivity contribution in [3.63, 3.8) is 0 Å². The second-order valence-electron chi connectivity index (χ2n) is 8.69. The number of hydrogen-bond acceptors (Lipinski definition) is 4. The van der Waals surface area contributed by atoms with Crippen LogP contribution in [0.3, 0.4) is 0 Å². The van der Waals surface area contributed by atoms with Gasteiger partial charge in [0.15, 0.2) is 0 Å². The van der Waals surface area contributed by atoms with Crippen molar-refractivity contribution in [3.05, 3.63) is 151 Å². The molecule has 0 atom stereocenters. The van der Waals surface area contributed by atoms with Crippen molar-refractivity contribution in [1.29, 1.82) is 0 Å². The molecule has 6 nitrogen and oxygen atoms in total. The molecule has 4 rings (SSSR count). The van der Waals surface area contributed by atoms with Gasteiger partial charge in [0, 0.05) is 24.3 Å². The third-order valence-electron chi connectivity index (χ3n) is 6.09. The molecule has 0 N–H and O–H groups in total. The number of aryl methyl sites for hydroxylation is 2. The van der Waals surface area contributed by atoms with Gasteiger partial charge in [-0.25, -0.2) is 0 Å². The maximum atomic E-state index is 10.8. The van der Waals surface area contributed by atoms with Crippen LogP contribution in [0.2, 0.25) is 0 Å². The number of rotatable bonds is 10. The second kappa shape index (κ2) is 11.2. The lowest BCUT2D eigenvalue weighted by atomic mass is 9.99. The Bertz CT molecular complexity index is 1180. The Kier molecular flexibility index (Phi) is 7.63. The van der Waals surface area contributed by atoms with Gasteiger partial charge in [-0.3, -0.25) is 20.2 Å². The van der Waals surface area contributed by atoms with Crippen LogP contribution in [0.25, 0.3) is 0 Å². The van der Waals surface area contributed by atoms with Crippen LogP contribution in [0, 0.1) is 20.2 Å². The first-order valence-corrected chi connectivity index (χ1v) is 11.6. The van der Waals surface area contributed by atoms with Gasteiger partial charge in [0.2, 0.25) is 0 Å². The fourth-order valence-electron chi connectivity index (χ4n) is 4.09. The summed E-state index contributed by atoms with van der Waals surface area (Å²) in [6.07, 6.45) is 4.57. The number of benzene rings is 4. The molecule has 0 unspecified atom stereocenters. The Morgan fingerprint density at radius 2 is 0.686 bits per heavy atom. The van der Waals surface area contributed by atoms with Crippen molar-refractivity contribution in [2.45, 2.75) is 32.1 Å². The second-order valence-corrected chi connectivity index (χ2v) is 8.69. The summed E-state index contributed by atoms with van der Waals surface area (Å²) in [5.74, 6) is 0. The molecular weight excluding hydrogens is 440 g/mol. The van der Waals surface area contributed by atoms with Crippen LogP contribution in [0.4, 0.5) is 11.4 Å². The zero-order valence-electron chi connectivity index (χ0n) is 19.3. The highest BCUT2D eigenvalue weighted by molar-refractivity contribution is 5.37. The number of nitro groups is 2. The van der Waals surface area contributed by atoms with Crippen molar-refractivity contribution in [1.82, 2.24) is 0 Å². The molecule has 0 aromatic heterocycles. The van der Waals surface area contributed by atoms with Gasteiger partial charge < -0.3 is 0 Å². The predicted molar refractivity (Wildman–Crippen MR) is 137 cm³/mol. The molecule has 0 aliphatic heterocycles. The summed E-state index contributed by atoms with van der Waals surface area (Å²) in [6.45, 7) is 0. The monoisotopic (exact) mass is 466 g/mol. The van der Waals surface area contributed by atoms with E-state index in [1.807, 2.05) is 24.3 Å². The molecule has 0 bridgehead atoms. The van der Waals surface area contributed by atoms with E-state index in [0.29, 0.717) is 0 Å². The fourth-order valence-corrected chi connectivity index (χ4v) is 4.09. The quantitative estimate of drug-likeness (QED) is 0.189. The molecule has 0 saturated heterocycles. The van der Waals surface area contributed by atoms with E-state index in [4.69, 9.17) is 0 Å². The highest BCUT2D eigenvalue weighted by atomic mass is 16.6. The molecule has 4 aromatic rings. The minimum Gasteiger partial charge on any atom is -0.258 e. The van der Waals surface area contributed by atoms with Crippen molar-refractivity contribution >= 4 is 11.4 Å². The lowest BCUT2D eigenvalue weighted by Crippen LogP contribution is -1.94. The van der Waals surface area contributed by atoms with Gasteiger partial charge in [0.05, 0.1) is 9.85 Å². The van der Waals surface area contributed by atoms with Crippen molar-refractivity contribution in [3.8, 4) is 0 Å². The minimum absolute atomic E-state index is 0.114. The zero-order valence-corrected chi connectivity index (χ0v) is 19.3. The van der Waals surface area contributed by atoms with Crippen LogP contribution in [0.5, 0.6) is 0 Å². The fraction of sp³-hybridized carbons (Fsp3) is 0.172. The molecule has 0 amide bonds. The first-order chi connectivity index (χ1) is 17.0. The molecule has 0 saturated carbocycles. The molecule has 0 aliphatic carbocycles. The zero-order chi connectivity index (χ0) is 24.6. The highest BCUT2D eigenvalue weighted by Crippen LogP contribution is 2.18. The molecule has 0 aliphatic rings. The Labute approximate surface area is 204 Å². The van der Waals surface area contributed by atoms with Gasteiger partial charge >= 0.3 is 0 Å². The first-order valence-electron chi connectivity index (χ1n) is 11.6. The predicted octanol–water partition coefficient (Wildman–Crippen LogP) is 6.86. The van der Waals surface area contributed by atoms with Gasteiger partial charge in [-0.05, 0) is 65.5 Å². The van der Waals surface area contributed by atoms with Gasteiger partial charge in [-0.1, -0.05) is 72.8 Å². The summed E-state index contributed by atoms with van der Waals surface area (Å²) in [5.41, 5.74) is 7.31. The molecule has 4 aromatic carbocycles. The number of hydrogen-bond donors (Lipinski definition) is 0. The Hall–Kier alpha value is -4.32. The minimum atomic E-state index is -0.380. The van der Waals surface area contributed by atoms with Crippen molar-refractivity contribution < 1.29 is 9.85 Å². The largest absolute Gasteiger partial charge is 0.269 e. The lowest BCUT2D eigenvalue weighted by Gasteiger charge is -2.07. The summed E-state index contributed by atoms with van der Waals surface area (Å²) in [6, 6.07) is 30.6. The van der Waals surface area contributed by atoms with E-state index in [1.165, 1.54) is 22.3 Å². The van der Waals surface area contributed by atoms with E-state index in [0.717, 1.165) is 43.2 Å². The Morgan fingerprint density at radius 1 is 0.429 bits per heavy atom. The van der Waals surface area contributed by atoms with Crippen molar-refractivity contribution in [2.24, 2.45) is 0 Å². The Morgan fingerprint density at radius 3 is 0.971 bits per heavy atom. The van der Waals surface area contributed by atoms with Gasteiger partial charge in [-0.15, -0.1) is 0 Å². The maximum absolute atomic E-state index is 10.8. The number of non-ortho nitro benzene ring substituents is 2. The first kappa shape index (κ1) is 23.8. The summed E-state index contributed by atoms with van der Waals surface area (Å²) in [5, 5.41) is 21.6. The van der Waals surface area contributed by atoms with E-state index >= 15 is 0 Å². The third-order valence-corrected chi connectivity index (χ3v) is 6.09. The lowest BCUT2D eigenvalue weighted by molar-refractivity contribution is -0.385. The van der Waals surface area contributed by atoms with Gasteiger partial charge in [0.25, 0.3) is 11.4 Å². The SMILES string of the molecule is O=[N+]([O-])c1ccc(Cc2ccc(CCCc3ccc(Cc4ccc([N+](=O)[O-])cc4)cc3)cc2)cc1. The summed E-state index contributed by atoms with van der Waals surface area (Å²) in [4.78, 5) is 20.8. The summed E-state index contributed by atoms with van der Waals surface area (Å²) < 4.78 is 0. The molecule has 0 spiro atoms. The molecule has 176 valence electrons. The highest BCUT2D eigenvalue weighted by Gasteiger charge is 2.06. The van der Waals surface area contributed by atoms with Gasteiger partial charge in [0.1, 0.15) is 0 Å². The van der Waals surface area contributed by atoms with E-state index < -0.39 is 0 Å². The smallest absolute Gasteiger partial charge is 0.258 e. The molecule has 0 fully saturated rings. The van der Waals surface area contributed by atoms with Crippen LogP contribution in [-0.4, -0.2) is 9.85 Å². The Balaban J connectivity index is 1.23. The topological polar surface area (TPSA) is 86.3 Å². The molecule has 0 radical (unpaired) electrons. The van der Waals surface area contributed by atoms with Crippen LogP contribution >= 0.6 is 0 Å². The normalized spacial score (nSPS) is 10.7. The number of nitro benzene ring substituents is 2. The summed E-state index contributed by atoms with van der Waals surface area (Å²) >= 11 is 0. The van der Waals surface area contributed by atoms with Crippen molar-refractivity contribution in [2.75, 3.05) is 0 Å². The van der Waals surface area contributed by atoms with Crippen LogP contribution < -0.4 is 0 Å². The summed E-state index contributed by atoms with van der Waals surface area (Å²) in [7, 11) is 0. The molecule has 6 heteroatoms. The average molecular weight is 467 g/mol. The van der Waals surface area contributed by atoms with E-state index in [-0.39, 0.29) is 21.2 Å². The van der Waals surface area contributed by atoms with Crippen LogP contribution in [0.1, 0.15) is 39.8 Å². The van der Waals surface area contributed by atoms with Gasteiger partial charge in [-0.2, -0.15) is 0 Å². The standard InChI is InChI=1S/C29H26N2O4/c32-30(33)28-16-12-26(13-17-28)20-24-8-4-22(5-9-24)2-1-3-23-6-10-25(11-7-23)21-27-14-18-29(19-15-27)31(34)35/h4-19H,1-3,20-21H2. The average Bonchev–Trinajstić information content (AvgIpc) is 2.87. The maximum Gasteiger partial charge on any atom is 0.269 e. The third kappa shape index (κ3) is 6.84.